The van der Waals surface area contributed by atoms with Crippen molar-refractivity contribution in [3.63, 3.8) is 0 Å². The third kappa shape index (κ3) is 7.37. The minimum Gasteiger partial charge on any atom is -0.378 e. The highest BCUT2D eigenvalue weighted by Crippen LogP contribution is 2.36. The van der Waals surface area contributed by atoms with E-state index < -0.39 is 6.68 Å². The van der Waals surface area contributed by atoms with Crippen LogP contribution >= 0.6 is 0 Å². The number of ether oxygens (including phenoxy) is 1. The van der Waals surface area contributed by atoms with Gasteiger partial charge in [-0.25, -0.2) is 9.97 Å². The van der Waals surface area contributed by atoms with Gasteiger partial charge < -0.3 is 9.64 Å². The van der Waals surface area contributed by atoms with E-state index in [4.69, 9.17) is 14.7 Å². The van der Waals surface area contributed by atoms with E-state index in [1.165, 1.54) is 50.6 Å². The zero-order valence-electron chi connectivity index (χ0n) is 20.1. The molecule has 0 atom stereocenters. The first-order chi connectivity index (χ1) is 17.0. The number of anilines is 1. The molecule has 1 saturated heterocycles. The van der Waals surface area contributed by atoms with Crippen LogP contribution < -0.4 is 4.90 Å². The lowest BCUT2D eigenvalue weighted by molar-refractivity contribution is 0.00819. The van der Waals surface area contributed by atoms with Crippen LogP contribution in [0, 0.1) is 6.92 Å². The van der Waals surface area contributed by atoms with Crippen molar-refractivity contribution in [2.24, 2.45) is 0 Å². The van der Waals surface area contributed by atoms with Crippen molar-refractivity contribution in [2.75, 3.05) is 31.2 Å². The molecule has 190 valence electrons. The predicted molar refractivity (Wildman–Crippen MR) is 129 cm³/mol. The SMILES string of the molecule is Cc1ccc2c(C3CCCCC3)nc(N3CCOCC3)nc2n1.FC(F)F.c1cnn(C2CC2)c1. The van der Waals surface area contributed by atoms with E-state index in [1.54, 1.807) is 0 Å². The number of aryl methyl sites for hydroxylation is 1. The van der Waals surface area contributed by atoms with Gasteiger partial charge in [-0.1, -0.05) is 19.3 Å². The molecule has 3 aliphatic rings. The molecule has 0 unspecified atom stereocenters. The summed E-state index contributed by atoms with van der Waals surface area (Å²) < 4.78 is 36.5. The molecule has 0 N–H and O–H groups in total. The smallest absolute Gasteiger partial charge is 0.378 e. The van der Waals surface area contributed by atoms with Gasteiger partial charge in [-0.2, -0.15) is 23.3 Å². The Morgan fingerprint density at radius 2 is 1.66 bits per heavy atom. The second kappa shape index (κ2) is 12.3. The van der Waals surface area contributed by atoms with Crippen molar-refractivity contribution >= 4 is 17.0 Å². The second-order valence-corrected chi connectivity index (χ2v) is 9.13. The molecule has 1 aliphatic heterocycles. The van der Waals surface area contributed by atoms with Gasteiger partial charge in [-0.05, 0) is 50.8 Å². The van der Waals surface area contributed by atoms with Crippen LogP contribution in [0.3, 0.4) is 0 Å². The van der Waals surface area contributed by atoms with Gasteiger partial charge in [0.05, 0.1) is 24.9 Å². The van der Waals surface area contributed by atoms with E-state index in [0.717, 1.165) is 55.0 Å². The first kappa shape index (κ1) is 25.3. The molecule has 7 nitrogen and oxygen atoms in total. The van der Waals surface area contributed by atoms with Crippen LogP contribution in [0.15, 0.2) is 30.6 Å². The van der Waals surface area contributed by atoms with E-state index in [1.807, 2.05) is 30.1 Å². The van der Waals surface area contributed by atoms with Crippen LogP contribution in [0.1, 0.15) is 68.3 Å². The Morgan fingerprint density at radius 1 is 0.943 bits per heavy atom. The number of halogens is 3. The maximum atomic E-state index is 9.67. The zero-order chi connectivity index (χ0) is 24.6. The summed E-state index contributed by atoms with van der Waals surface area (Å²) in [6, 6.07) is 6.94. The van der Waals surface area contributed by atoms with E-state index in [0.29, 0.717) is 5.92 Å². The Morgan fingerprint density at radius 3 is 2.29 bits per heavy atom. The predicted octanol–water partition coefficient (Wildman–Crippen LogP) is 5.61. The van der Waals surface area contributed by atoms with Crippen LogP contribution in [-0.4, -0.2) is 57.7 Å². The standard InChI is InChI=1S/C18H24N4O.C6H8N2.CHF3/c1-13-7-8-15-16(14-5-3-2-4-6-14)20-18(21-17(15)19-13)22-9-11-23-12-10-22;1-4-7-8(5-1)6-2-3-6;2-1(3)4/h7-8,14H,2-6,9-12H2,1H3;1,4-6H,2-3H2;1H. The molecule has 0 aromatic carbocycles. The molecule has 4 heterocycles. The number of pyridine rings is 1. The number of rotatable bonds is 3. The van der Waals surface area contributed by atoms with Crippen molar-refractivity contribution in [1.29, 1.82) is 0 Å². The summed E-state index contributed by atoms with van der Waals surface area (Å²) in [6.07, 6.45) is 12.9. The Bertz CT molecular complexity index is 1050. The molecular weight excluding hydrogens is 457 g/mol. The van der Waals surface area contributed by atoms with E-state index in [-0.39, 0.29) is 0 Å². The van der Waals surface area contributed by atoms with Crippen molar-refractivity contribution in [3.8, 4) is 0 Å². The van der Waals surface area contributed by atoms with Crippen molar-refractivity contribution in [2.45, 2.75) is 70.5 Å². The lowest BCUT2D eigenvalue weighted by atomic mass is 9.85. The minimum atomic E-state index is -3.67. The summed E-state index contributed by atoms with van der Waals surface area (Å²) in [5.74, 6) is 1.39. The van der Waals surface area contributed by atoms with Gasteiger partial charge in [-0.3, -0.25) is 4.68 Å². The van der Waals surface area contributed by atoms with Gasteiger partial charge >= 0.3 is 6.68 Å². The van der Waals surface area contributed by atoms with Gasteiger partial charge in [-0.15, -0.1) is 0 Å². The van der Waals surface area contributed by atoms with E-state index >= 15 is 0 Å². The number of alkyl halides is 3. The van der Waals surface area contributed by atoms with Crippen LogP contribution in [0.25, 0.3) is 11.0 Å². The number of hydrogen-bond acceptors (Lipinski definition) is 6. The third-order valence-electron chi connectivity index (χ3n) is 6.45. The van der Waals surface area contributed by atoms with Gasteiger partial charge in [0.15, 0.2) is 5.65 Å². The molecule has 0 spiro atoms. The fourth-order valence-electron chi connectivity index (χ4n) is 4.54. The van der Waals surface area contributed by atoms with E-state index in [2.05, 4.69) is 27.1 Å². The van der Waals surface area contributed by atoms with Crippen LogP contribution in [0.2, 0.25) is 0 Å². The van der Waals surface area contributed by atoms with Crippen molar-refractivity contribution in [1.82, 2.24) is 24.7 Å². The lowest BCUT2D eigenvalue weighted by Gasteiger charge is -2.28. The highest BCUT2D eigenvalue weighted by molar-refractivity contribution is 5.79. The fourth-order valence-corrected chi connectivity index (χ4v) is 4.54. The lowest BCUT2D eigenvalue weighted by Crippen LogP contribution is -2.37. The maximum absolute atomic E-state index is 9.67. The molecule has 3 fully saturated rings. The largest absolute Gasteiger partial charge is 0.379 e. The second-order valence-electron chi connectivity index (χ2n) is 9.13. The van der Waals surface area contributed by atoms with Crippen LogP contribution in [0.5, 0.6) is 0 Å². The minimum absolute atomic E-state index is 0.554. The average Bonchev–Trinajstić information content (AvgIpc) is 3.58. The molecule has 10 heteroatoms. The summed E-state index contributed by atoms with van der Waals surface area (Å²) in [6.45, 7) is 1.59. The number of aromatic nitrogens is 5. The number of fused-ring (bicyclic) bond motifs is 1. The Labute approximate surface area is 203 Å². The van der Waals surface area contributed by atoms with E-state index in [9.17, 15) is 13.2 Å². The van der Waals surface area contributed by atoms with Crippen LogP contribution in [-0.2, 0) is 4.74 Å². The summed E-state index contributed by atoms with van der Waals surface area (Å²) in [5.41, 5.74) is 3.07. The Kier molecular flexibility index (Phi) is 8.90. The molecule has 0 radical (unpaired) electrons. The maximum Gasteiger partial charge on any atom is 0.379 e. The third-order valence-corrected chi connectivity index (χ3v) is 6.45. The molecular formula is C25H33F3N6O. The van der Waals surface area contributed by atoms with Gasteiger partial charge in [0.2, 0.25) is 5.95 Å². The number of nitrogens with zero attached hydrogens (tertiary/aromatic N) is 6. The normalized spacial score (nSPS) is 18.6. The molecule has 35 heavy (non-hydrogen) atoms. The summed E-state index contributed by atoms with van der Waals surface area (Å²) in [5, 5.41) is 5.23. The Hall–Kier alpha value is -2.75. The van der Waals surface area contributed by atoms with Gasteiger partial charge in [0.25, 0.3) is 0 Å². The molecule has 0 amide bonds. The topological polar surface area (TPSA) is 69.0 Å². The molecule has 2 saturated carbocycles. The van der Waals surface area contributed by atoms with Crippen molar-refractivity contribution in [3.05, 3.63) is 42.0 Å². The van der Waals surface area contributed by atoms with Gasteiger partial charge in [0, 0.05) is 42.5 Å². The average molecular weight is 491 g/mol. The molecule has 3 aromatic rings. The molecule has 3 aromatic heterocycles. The fraction of sp³-hybridized carbons (Fsp3) is 0.600. The summed E-state index contributed by atoms with van der Waals surface area (Å²) in [7, 11) is 0. The monoisotopic (exact) mass is 490 g/mol. The zero-order valence-corrected chi connectivity index (χ0v) is 20.1. The Balaban J connectivity index is 0.000000197. The number of hydrogen-bond donors (Lipinski definition) is 0. The first-order valence-corrected chi connectivity index (χ1v) is 12.4. The summed E-state index contributed by atoms with van der Waals surface area (Å²) in [4.78, 5) is 16.7. The molecule has 2 aliphatic carbocycles. The molecule has 0 bridgehead atoms. The highest BCUT2D eigenvalue weighted by Gasteiger charge is 2.24. The van der Waals surface area contributed by atoms with Gasteiger partial charge in [0.1, 0.15) is 0 Å². The number of morpholine rings is 1. The van der Waals surface area contributed by atoms with Crippen molar-refractivity contribution < 1.29 is 17.9 Å². The molecule has 6 rings (SSSR count). The highest BCUT2D eigenvalue weighted by atomic mass is 19.4. The quantitative estimate of drug-likeness (QED) is 0.475. The first-order valence-electron chi connectivity index (χ1n) is 12.4. The van der Waals surface area contributed by atoms with Crippen LogP contribution in [0.4, 0.5) is 19.1 Å². The summed E-state index contributed by atoms with van der Waals surface area (Å²) >= 11 is 0.